The molecule has 0 heterocycles. The van der Waals surface area contributed by atoms with Gasteiger partial charge in [-0.3, -0.25) is 4.55 Å². The average molecular weight is 224 g/mol. The first-order valence-electron chi connectivity index (χ1n) is 4.62. The van der Waals surface area contributed by atoms with Crippen molar-refractivity contribution in [2.45, 2.75) is 37.2 Å². The van der Waals surface area contributed by atoms with Crippen molar-refractivity contribution in [3.05, 3.63) is 0 Å². The van der Waals surface area contributed by atoms with Crippen LogP contribution in [-0.2, 0) is 14.9 Å². The van der Waals surface area contributed by atoms with Crippen LogP contribution >= 0.6 is 0 Å². The summed E-state index contributed by atoms with van der Waals surface area (Å²) in [5.74, 6) is -0.413. The van der Waals surface area contributed by atoms with E-state index < -0.39 is 21.5 Å². The minimum absolute atomic E-state index is 0.00912. The van der Waals surface area contributed by atoms with Gasteiger partial charge in [0.15, 0.2) is 5.44 Å². The summed E-state index contributed by atoms with van der Waals surface area (Å²) in [5.41, 5.74) is -1.67. The molecule has 1 fully saturated rings. The molecule has 84 valence electrons. The van der Waals surface area contributed by atoms with E-state index in [1.807, 2.05) is 0 Å². The molecule has 0 amide bonds. The zero-order chi connectivity index (χ0) is 10.8. The van der Waals surface area contributed by atoms with E-state index >= 15 is 0 Å². The highest BCUT2D eigenvalue weighted by Gasteiger charge is 2.34. The molecule has 0 aromatic carbocycles. The Balaban J connectivity index is 2.60. The smallest absolute Gasteiger partial charge is 0.292 e. The Bertz CT molecular complexity index is 273. The lowest BCUT2D eigenvalue weighted by Crippen LogP contribution is -2.34. The van der Waals surface area contributed by atoms with Gasteiger partial charge in [-0.25, -0.2) is 0 Å². The van der Waals surface area contributed by atoms with E-state index in [-0.39, 0.29) is 6.10 Å². The molecule has 14 heavy (non-hydrogen) atoms. The summed E-state index contributed by atoms with van der Waals surface area (Å²) in [7, 11) is -2.77. The van der Waals surface area contributed by atoms with Gasteiger partial charge >= 0.3 is 0 Å². The molecule has 0 aliphatic heterocycles. The number of methoxy groups -OCH3 is 1. The lowest BCUT2D eigenvalue weighted by molar-refractivity contribution is 0.0260. The van der Waals surface area contributed by atoms with Crippen LogP contribution in [0.5, 0.6) is 0 Å². The van der Waals surface area contributed by atoms with E-state index in [2.05, 4.69) is 0 Å². The van der Waals surface area contributed by atoms with E-state index in [0.717, 1.165) is 12.8 Å². The fraction of sp³-hybridized carbons (Fsp3) is 1.00. The molecule has 0 bridgehead atoms. The molecule has 1 rings (SSSR count). The van der Waals surface area contributed by atoms with E-state index in [1.165, 1.54) is 0 Å². The molecule has 5 nitrogen and oxygen atoms in total. The molecule has 1 aliphatic rings. The van der Waals surface area contributed by atoms with Crippen molar-refractivity contribution in [2.75, 3.05) is 7.11 Å². The summed E-state index contributed by atoms with van der Waals surface area (Å²) < 4.78 is 35.2. The maximum atomic E-state index is 10.7. The highest BCUT2D eigenvalue weighted by atomic mass is 32.2. The molecule has 2 N–H and O–H groups in total. The zero-order valence-electron chi connectivity index (χ0n) is 8.09. The number of hydrogen-bond donors (Lipinski definition) is 2. The number of hydrogen-bond acceptors (Lipinski definition) is 4. The van der Waals surface area contributed by atoms with Gasteiger partial charge < -0.3 is 9.84 Å². The van der Waals surface area contributed by atoms with Gasteiger partial charge in [0.2, 0.25) is 0 Å². The summed E-state index contributed by atoms with van der Waals surface area (Å²) >= 11 is 0. The average Bonchev–Trinajstić information content (AvgIpc) is 2.15. The Morgan fingerprint density at radius 2 is 2.07 bits per heavy atom. The highest BCUT2D eigenvalue weighted by molar-refractivity contribution is 7.86. The van der Waals surface area contributed by atoms with Gasteiger partial charge in [-0.05, 0) is 19.3 Å². The highest BCUT2D eigenvalue weighted by Crippen LogP contribution is 2.29. The molecule has 0 radical (unpaired) electrons. The number of aliphatic hydroxyl groups excluding tert-OH is 1. The molecule has 1 aliphatic carbocycles. The third kappa shape index (κ3) is 2.91. The van der Waals surface area contributed by atoms with Gasteiger partial charge in [0.05, 0.1) is 6.10 Å². The maximum absolute atomic E-state index is 10.7. The largest absolute Gasteiger partial charge is 0.381 e. The van der Waals surface area contributed by atoms with Gasteiger partial charge in [0.25, 0.3) is 10.1 Å². The summed E-state index contributed by atoms with van der Waals surface area (Å²) in [6.45, 7) is 0. The third-order valence-corrected chi connectivity index (χ3v) is 3.70. The Labute approximate surface area is 83.8 Å². The molecule has 0 aromatic rings. The number of aliphatic hydroxyl groups is 1. The quantitative estimate of drug-likeness (QED) is 0.678. The minimum Gasteiger partial charge on any atom is -0.381 e. The molecular weight excluding hydrogens is 208 g/mol. The molecular formula is C8H16O5S. The second kappa shape index (κ2) is 4.57. The third-order valence-electron chi connectivity index (χ3n) is 2.71. The van der Waals surface area contributed by atoms with Gasteiger partial charge in [-0.1, -0.05) is 6.42 Å². The Morgan fingerprint density at radius 3 is 2.57 bits per heavy atom. The second-order valence-corrected chi connectivity index (χ2v) is 5.20. The van der Waals surface area contributed by atoms with Crippen molar-refractivity contribution in [1.29, 1.82) is 0 Å². The van der Waals surface area contributed by atoms with Crippen LogP contribution in [0.1, 0.15) is 25.7 Å². The topological polar surface area (TPSA) is 83.8 Å². The standard InChI is InChI=1S/C8H16O5S/c1-13-7-4-2-3-6(5-7)8(9)14(10,11)12/h6-9H,2-5H2,1H3,(H,10,11,12). The van der Waals surface area contributed by atoms with Crippen LogP contribution < -0.4 is 0 Å². The van der Waals surface area contributed by atoms with E-state index in [0.29, 0.717) is 12.8 Å². The molecule has 1 saturated carbocycles. The molecule has 3 unspecified atom stereocenters. The zero-order valence-corrected chi connectivity index (χ0v) is 8.90. The van der Waals surface area contributed by atoms with E-state index in [1.54, 1.807) is 7.11 Å². The predicted octanol–water partition coefficient (Wildman–Crippen LogP) is 0.398. The van der Waals surface area contributed by atoms with Crippen molar-refractivity contribution < 1.29 is 22.8 Å². The van der Waals surface area contributed by atoms with Crippen LogP contribution in [0, 0.1) is 5.92 Å². The van der Waals surface area contributed by atoms with Crippen molar-refractivity contribution in [3.63, 3.8) is 0 Å². The SMILES string of the molecule is COC1CCCC(C(O)S(=O)(=O)O)C1. The summed E-state index contributed by atoms with van der Waals surface area (Å²) in [6.07, 6.45) is 2.78. The Morgan fingerprint density at radius 1 is 1.43 bits per heavy atom. The van der Waals surface area contributed by atoms with Crippen molar-refractivity contribution in [1.82, 2.24) is 0 Å². The molecule has 0 spiro atoms. The first-order valence-corrected chi connectivity index (χ1v) is 6.12. The molecule has 0 saturated heterocycles. The van der Waals surface area contributed by atoms with Gasteiger partial charge in [-0.2, -0.15) is 8.42 Å². The van der Waals surface area contributed by atoms with Gasteiger partial charge in [0, 0.05) is 13.0 Å². The van der Waals surface area contributed by atoms with Crippen molar-refractivity contribution in [3.8, 4) is 0 Å². The summed E-state index contributed by atoms with van der Waals surface area (Å²) in [4.78, 5) is 0. The normalized spacial score (nSPS) is 31.4. The van der Waals surface area contributed by atoms with Crippen LogP contribution in [0.3, 0.4) is 0 Å². The van der Waals surface area contributed by atoms with Crippen molar-refractivity contribution >= 4 is 10.1 Å². The maximum Gasteiger partial charge on any atom is 0.292 e. The lowest BCUT2D eigenvalue weighted by atomic mass is 9.87. The first kappa shape index (κ1) is 11.9. The molecule has 0 aromatic heterocycles. The number of ether oxygens (including phenoxy) is 1. The van der Waals surface area contributed by atoms with Gasteiger partial charge in [0.1, 0.15) is 0 Å². The number of rotatable bonds is 3. The van der Waals surface area contributed by atoms with Gasteiger partial charge in [-0.15, -0.1) is 0 Å². The lowest BCUT2D eigenvalue weighted by Gasteiger charge is -2.29. The van der Waals surface area contributed by atoms with Crippen LogP contribution in [0.25, 0.3) is 0 Å². The van der Waals surface area contributed by atoms with Crippen LogP contribution in [-0.4, -0.2) is 36.7 Å². The molecule has 3 atom stereocenters. The Hall–Kier alpha value is -0.170. The van der Waals surface area contributed by atoms with E-state index in [4.69, 9.17) is 9.29 Å². The minimum atomic E-state index is -4.33. The Kier molecular flexibility index (Phi) is 3.88. The van der Waals surface area contributed by atoms with Crippen LogP contribution in [0.15, 0.2) is 0 Å². The van der Waals surface area contributed by atoms with E-state index in [9.17, 15) is 13.5 Å². The summed E-state index contributed by atoms with van der Waals surface area (Å²) in [6, 6.07) is 0. The first-order chi connectivity index (χ1) is 6.45. The fourth-order valence-electron chi connectivity index (χ4n) is 1.90. The van der Waals surface area contributed by atoms with Crippen molar-refractivity contribution in [2.24, 2.45) is 5.92 Å². The fourth-order valence-corrected chi connectivity index (χ4v) is 2.63. The second-order valence-electron chi connectivity index (χ2n) is 3.69. The van der Waals surface area contributed by atoms with Crippen LogP contribution in [0.4, 0.5) is 0 Å². The van der Waals surface area contributed by atoms with Crippen LogP contribution in [0.2, 0.25) is 0 Å². The predicted molar refractivity (Wildman–Crippen MR) is 50.3 cm³/mol. The summed E-state index contributed by atoms with van der Waals surface area (Å²) in [5, 5.41) is 9.33. The monoisotopic (exact) mass is 224 g/mol. The molecule has 6 heteroatoms.